The molecule has 3 N–H and O–H groups in total. The Kier molecular flexibility index (Phi) is 2.55. The zero-order chi connectivity index (χ0) is 11.8. The number of hydrogen-bond donors (Lipinski definition) is 2. The van der Waals surface area contributed by atoms with E-state index in [-0.39, 0.29) is 0 Å². The normalized spacial score (nSPS) is 15.9. The number of carbonyl (C=O) groups excluding carboxylic acids is 1. The van der Waals surface area contributed by atoms with E-state index < -0.39 is 5.60 Å². The van der Waals surface area contributed by atoms with Crippen LogP contribution in [0.3, 0.4) is 0 Å². The van der Waals surface area contributed by atoms with E-state index >= 15 is 0 Å². The Bertz CT molecular complexity index is 446. The van der Waals surface area contributed by atoms with E-state index in [9.17, 15) is 4.79 Å². The second-order valence-corrected chi connectivity index (χ2v) is 4.32. The lowest BCUT2D eigenvalue weighted by Crippen LogP contribution is -2.31. The molecular formula is C10H14N4O2. The molecule has 2 rings (SSSR count). The van der Waals surface area contributed by atoms with Gasteiger partial charge in [0.2, 0.25) is 0 Å². The molecule has 6 heteroatoms. The van der Waals surface area contributed by atoms with Crippen molar-refractivity contribution in [3.8, 4) is 0 Å². The lowest BCUT2D eigenvalue weighted by Gasteiger charge is -2.26. The Balaban J connectivity index is 2.04. The summed E-state index contributed by atoms with van der Waals surface area (Å²) in [5.41, 5.74) is 6.95. The molecule has 0 spiro atoms. The van der Waals surface area contributed by atoms with E-state index in [0.717, 1.165) is 11.3 Å². The monoisotopic (exact) mass is 222 g/mol. The van der Waals surface area contributed by atoms with Crippen LogP contribution >= 0.6 is 0 Å². The zero-order valence-electron chi connectivity index (χ0n) is 9.28. The van der Waals surface area contributed by atoms with Crippen LogP contribution in [0.1, 0.15) is 25.1 Å². The van der Waals surface area contributed by atoms with Gasteiger partial charge >= 0.3 is 0 Å². The third kappa shape index (κ3) is 1.99. The summed E-state index contributed by atoms with van der Waals surface area (Å²) in [5, 5.41) is 8.50. The maximum atomic E-state index is 10.3. The highest BCUT2D eigenvalue weighted by molar-refractivity contribution is 5.47. The first-order valence-corrected chi connectivity index (χ1v) is 4.99. The van der Waals surface area contributed by atoms with Gasteiger partial charge in [0.25, 0.3) is 0 Å². The molecule has 0 atom stereocenters. The molecule has 0 saturated heterocycles. The number of rotatable bonds is 3. The summed E-state index contributed by atoms with van der Waals surface area (Å²) in [4.78, 5) is 15.9. The number of aromatic nitrogens is 2. The molecule has 0 fully saturated rings. The van der Waals surface area contributed by atoms with Crippen LogP contribution in [0.4, 0.5) is 5.82 Å². The van der Waals surface area contributed by atoms with Gasteiger partial charge in [0.1, 0.15) is 17.4 Å². The number of nitrogens with zero attached hydrogens (tertiary/aromatic N) is 2. The van der Waals surface area contributed by atoms with Crippen LogP contribution < -0.4 is 5.73 Å². The molecule has 1 aromatic rings. The lowest BCUT2D eigenvalue weighted by atomic mass is 10.1. The smallest absolute Gasteiger partial charge is 0.150 e. The number of nitrogens with one attached hydrogen (secondary N) is 1. The molecule has 0 unspecified atom stereocenters. The molecule has 1 aromatic heterocycles. The molecule has 0 aromatic carbocycles. The molecule has 0 amide bonds. The van der Waals surface area contributed by atoms with Crippen molar-refractivity contribution in [2.45, 2.75) is 32.5 Å². The minimum atomic E-state index is -0.659. The van der Waals surface area contributed by atoms with Crippen LogP contribution in [0.5, 0.6) is 0 Å². The molecule has 0 radical (unpaired) electrons. The predicted octanol–water partition coefficient (Wildman–Crippen LogP) is 0.405. The summed E-state index contributed by atoms with van der Waals surface area (Å²) in [6, 6.07) is 0. The van der Waals surface area contributed by atoms with Crippen molar-refractivity contribution in [3.63, 3.8) is 0 Å². The number of fused-ring (bicyclic) bond motifs is 1. The predicted molar refractivity (Wildman–Crippen MR) is 57.7 cm³/mol. The minimum Gasteiger partial charge on any atom is -0.382 e. The molecule has 0 bridgehead atoms. The molecule has 0 aliphatic carbocycles. The number of anilines is 1. The molecule has 1 aliphatic heterocycles. The fourth-order valence-electron chi connectivity index (χ4n) is 1.70. The van der Waals surface area contributed by atoms with E-state index in [1.807, 2.05) is 0 Å². The van der Waals surface area contributed by atoms with Crippen molar-refractivity contribution in [1.29, 1.82) is 0 Å². The summed E-state index contributed by atoms with van der Waals surface area (Å²) in [6.07, 6.45) is 1.35. The first kappa shape index (κ1) is 10.9. The quantitative estimate of drug-likeness (QED) is 0.723. The number of aromatic amines is 1. The van der Waals surface area contributed by atoms with Crippen LogP contribution in [-0.2, 0) is 22.7 Å². The van der Waals surface area contributed by atoms with Gasteiger partial charge < -0.3 is 5.73 Å². The zero-order valence-corrected chi connectivity index (χ0v) is 9.28. The SMILES string of the molecule is CC(C)(C=C=O)ON1Cc2[nH]nc(N)c2C1. The number of H-pyrrole nitrogens is 1. The Morgan fingerprint density at radius 2 is 2.38 bits per heavy atom. The third-order valence-corrected chi connectivity index (χ3v) is 2.42. The van der Waals surface area contributed by atoms with Crippen LogP contribution in [0, 0.1) is 0 Å². The summed E-state index contributed by atoms with van der Waals surface area (Å²) in [6.45, 7) is 4.77. The fourth-order valence-corrected chi connectivity index (χ4v) is 1.70. The van der Waals surface area contributed by atoms with E-state index in [4.69, 9.17) is 10.6 Å². The van der Waals surface area contributed by atoms with Crippen molar-refractivity contribution in [3.05, 3.63) is 17.3 Å². The summed E-state index contributed by atoms with van der Waals surface area (Å²) in [7, 11) is 0. The second-order valence-electron chi connectivity index (χ2n) is 4.32. The van der Waals surface area contributed by atoms with Gasteiger partial charge in [0.15, 0.2) is 0 Å². The molecule has 1 aliphatic rings. The molecule has 86 valence electrons. The molecule has 0 saturated carbocycles. The first-order valence-electron chi connectivity index (χ1n) is 4.99. The van der Waals surface area contributed by atoms with Gasteiger partial charge in [-0.15, -0.1) is 0 Å². The topological polar surface area (TPSA) is 84.2 Å². The molecule has 6 nitrogen and oxygen atoms in total. The van der Waals surface area contributed by atoms with E-state index in [0.29, 0.717) is 18.9 Å². The number of hydrogen-bond acceptors (Lipinski definition) is 5. The van der Waals surface area contributed by atoms with Crippen LogP contribution in [0.25, 0.3) is 0 Å². The van der Waals surface area contributed by atoms with Gasteiger partial charge in [-0.3, -0.25) is 9.94 Å². The lowest BCUT2D eigenvalue weighted by molar-refractivity contribution is -0.223. The summed E-state index contributed by atoms with van der Waals surface area (Å²) >= 11 is 0. The Hall–Kier alpha value is -1.62. The highest BCUT2D eigenvalue weighted by Crippen LogP contribution is 2.27. The van der Waals surface area contributed by atoms with Gasteiger partial charge in [-0.25, -0.2) is 4.79 Å². The highest BCUT2D eigenvalue weighted by atomic mass is 16.7. The van der Waals surface area contributed by atoms with Gasteiger partial charge in [-0.2, -0.15) is 10.2 Å². The second kappa shape index (κ2) is 3.75. The average molecular weight is 222 g/mol. The van der Waals surface area contributed by atoms with Crippen molar-refractivity contribution in [2.75, 3.05) is 5.73 Å². The highest BCUT2D eigenvalue weighted by Gasteiger charge is 2.28. The number of nitrogen functional groups attached to an aromatic ring is 1. The summed E-state index contributed by atoms with van der Waals surface area (Å²) in [5.74, 6) is 2.24. The van der Waals surface area contributed by atoms with E-state index in [1.165, 1.54) is 6.08 Å². The first-order chi connectivity index (χ1) is 7.52. The van der Waals surface area contributed by atoms with Gasteiger partial charge in [-0.1, -0.05) is 0 Å². The van der Waals surface area contributed by atoms with Gasteiger partial charge in [0.05, 0.1) is 18.8 Å². The van der Waals surface area contributed by atoms with Crippen molar-refractivity contribution < 1.29 is 9.63 Å². The van der Waals surface area contributed by atoms with Crippen molar-refractivity contribution in [1.82, 2.24) is 15.3 Å². The summed E-state index contributed by atoms with van der Waals surface area (Å²) < 4.78 is 0. The number of hydroxylamine groups is 2. The van der Waals surface area contributed by atoms with Crippen molar-refractivity contribution >= 4 is 11.8 Å². The van der Waals surface area contributed by atoms with E-state index in [1.54, 1.807) is 24.9 Å². The van der Waals surface area contributed by atoms with Crippen LogP contribution in [0.2, 0.25) is 0 Å². The maximum Gasteiger partial charge on any atom is 0.150 e. The average Bonchev–Trinajstić information content (AvgIpc) is 2.68. The Morgan fingerprint density at radius 3 is 3.00 bits per heavy atom. The van der Waals surface area contributed by atoms with Gasteiger partial charge in [0, 0.05) is 11.6 Å². The third-order valence-electron chi connectivity index (χ3n) is 2.42. The minimum absolute atomic E-state index is 0.504. The van der Waals surface area contributed by atoms with Crippen LogP contribution in [0.15, 0.2) is 6.08 Å². The van der Waals surface area contributed by atoms with Gasteiger partial charge in [-0.05, 0) is 13.8 Å². The fraction of sp³-hybridized carbons (Fsp3) is 0.500. The maximum absolute atomic E-state index is 10.3. The van der Waals surface area contributed by atoms with Crippen molar-refractivity contribution in [2.24, 2.45) is 0 Å². The number of nitrogens with two attached hydrogens (primary N) is 1. The molecule has 16 heavy (non-hydrogen) atoms. The molecule has 2 heterocycles. The van der Waals surface area contributed by atoms with Crippen LogP contribution in [-0.4, -0.2) is 26.8 Å². The molecular weight excluding hydrogens is 208 g/mol. The Labute approximate surface area is 93.0 Å². The van der Waals surface area contributed by atoms with E-state index in [2.05, 4.69) is 10.2 Å². The Morgan fingerprint density at radius 1 is 1.62 bits per heavy atom. The largest absolute Gasteiger partial charge is 0.382 e. The standard InChI is InChI=1S/C10H14N4O2/c1-10(2,3-4-15)16-14-5-7-8(6-14)12-13-9(7)11/h3H,5-6H2,1-2H3,(H3,11,12,13).